The van der Waals surface area contributed by atoms with Gasteiger partial charge in [-0.05, 0) is 60.7 Å². The van der Waals surface area contributed by atoms with Gasteiger partial charge in [0.1, 0.15) is 5.82 Å². The zero-order valence-electron chi connectivity index (χ0n) is 13.5. The van der Waals surface area contributed by atoms with E-state index in [4.69, 9.17) is 0 Å². The molecule has 0 spiro atoms. The molecule has 0 radical (unpaired) electrons. The molecule has 0 bridgehead atoms. The summed E-state index contributed by atoms with van der Waals surface area (Å²) >= 11 is 0. The van der Waals surface area contributed by atoms with Gasteiger partial charge < -0.3 is 5.32 Å². The summed E-state index contributed by atoms with van der Waals surface area (Å²) in [5, 5.41) is 3.38. The second-order valence-electron chi connectivity index (χ2n) is 6.11. The molecule has 0 fully saturated rings. The van der Waals surface area contributed by atoms with Crippen LogP contribution in [0.3, 0.4) is 0 Å². The summed E-state index contributed by atoms with van der Waals surface area (Å²) in [6.07, 6.45) is 0. The predicted molar refractivity (Wildman–Crippen MR) is 88.0 cm³/mol. The number of benzene rings is 2. The van der Waals surface area contributed by atoms with E-state index in [-0.39, 0.29) is 5.82 Å². The van der Waals surface area contributed by atoms with E-state index in [1.807, 2.05) is 6.07 Å². The first-order valence-corrected chi connectivity index (χ1v) is 7.48. The smallest absolute Gasteiger partial charge is 0.123 e. The molecule has 0 unspecified atom stereocenters. The van der Waals surface area contributed by atoms with Gasteiger partial charge in [0.2, 0.25) is 0 Å². The van der Waals surface area contributed by atoms with Crippen LogP contribution in [-0.4, -0.2) is 6.04 Å². The summed E-state index contributed by atoms with van der Waals surface area (Å²) in [5.74, 6) is -0.179. The van der Waals surface area contributed by atoms with E-state index >= 15 is 0 Å². The van der Waals surface area contributed by atoms with Crippen LogP contribution in [0.1, 0.15) is 36.1 Å². The van der Waals surface area contributed by atoms with Gasteiger partial charge in [-0.15, -0.1) is 0 Å². The average Bonchev–Trinajstić information content (AvgIpc) is 2.37. The SMILES string of the molecule is Cc1cc(C)c(-c2ccc(F)cc2CNC(C)C)c(C)c1. The molecular formula is C19H24FN. The fraction of sp³-hybridized carbons (Fsp3) is 0.368. The normalized spacial score (nSPS) is 11.2. The van der Waals surface area contributed by atoms with E-state index in [1.54, 1.807) is 12.1 Å². The third kappa shape index (κ3) is 3.70. The first kappa shape index (κ1) is 15.7. The topological polar surface area (TPSA) is 12.0 Å². The summed E-state index contributed by atoms with van der Waals surface area (Å²) < 4.78 is 13.6. The zero-order valence-corrected chi connectivity index (χ0v) is 13.5. The van der Waals surface area contributed by atoms with Crippen LogP contribution in [0.5, 0.6) is 0 Å². The van der Waals surface area contributed by atoms with Gasteiger partial charge in [0.05, 0.1) is 0 Å². The lowest BCUT2D eigenvalue weighted by Gasteiger charge is -2.17. The number of nitrogens with one attached hydrogen (secondary N) is 1. The summed E-state index contributed by atoms with van der Waals surface area (Å²) in [6, 6.07) is 9.84. The maximum Gasteiger partial charge on any atom is 0.123 e. The van der Waals surface area contributed by atoms with E-state index < -0.39 is 0 Å². The number of halogens is 1. The second kappa shape index (κ2) is 6.40. The van der Waals surface area contributed by atoms with Gasteiger partial charge in [0.25, 0.3) is 0 Å². The van der Waals surface area contributed by atoms with Crippen LogP contribution < -0.4 is 5.32 Å². The highest BCUT2D eigenvalue weighted by atomic mass is 19.1. The van der Waals surface area contributed by atoms with Gasteiger partial charge in [0.15, 0.2) is 0 Å². The average molecular weight is 285 g/mol. The Morgan fingerprint density at radius 2 is 1.62 bits per heavy atom. The lowest BCUT2D eigenvalue weighted by molar-refractivity contribution is 0.582. The Morgan fingerprint density at radius 3 is 2.19 bits per heavy atom. The van der Waals surface area contributed by atoms with Gasteiger partial charge in [-0.2, -0.15) is 0 Å². The minimum absolute atomic E-state index is 0.179. The van der Waals surface area contributed by atoms with Crippen molar-refractivity contribution in [3.63, 3.8) is 0 Å². The molecule has 2 heteroatoms. The van der Waals surface area contributed by atoms with Gasteiger partial charge >= 0.3 is 0 Å². The molecule has 0 amide bonds. The summed E-state index contributed by atoms with van der Waals surface area (Å²) in [5.41, 5.74) is 7.10. The van der Waals surface area contributed by atoms with Crippen molar-refractivity contribution in [2.24, 2.45) is 0 Å². The van der Waals surface area contributed by atoms with Crippen LogP contribution in [0.4, 0.5) is 4.39 Å². The van der Waals surface area contributed by atoms with E-state index in [2.05, 4.69) is 52.1 Å². The summed E-state index contributed by atoms with van der Waals surface area (Å²) in [4.78, 5) is 0. The third-order valence-electron chi connectivity index (χ3n) is 3.71. The second-order valence-corrected chi connectivity index (χ2v) is 6.11. The van der Waals surface area contributed by atoms with E-state index in [0.717, 1.165) is 11.1 Å². The quantitative estimate of drug-likeness (QED) is 0.841. The zero-order chi connectivity index (χ0) is 15.6. The predicted octanol–water partition coefficient (Wildman–Crippen LogP) is 4.92. The van der Waals surface area contributed by atoms with Crippen molar-refractivity contribution < 1.29 is 4.39 Å². The maximum absolute atomic E-state index is 13.6. The molecule has 0 heterocycles. The standard InChI is InChI=1S/C19H24FN/c1-12(2)21-11-16-10-17(20)6-7-18(16)19-14(4)8-13(3)9-15(19)5/h6-10,12,21H,11H2,1-5H3. The minimum Gasteiger partial charge on any atom is -0.310 e. The molecule has 1 N–H and O–H groups in total. The molecule has 2 aromatic carbocycles. The molecule has 0 aliphatic carbocycles. The van der Waals surface area contributed by atoms with E-state index in [1.165, 1.54) is 22.3 Å². The third-order valence-corrected chi connectivity index (χ3v) is 3.71. The molecule has 0 aromatic heterocycles. The Morgan fingerprint density at radius 1 is 1.00 bits per heavy atom. The van der Waals surface area contributed by atoms with Gasteiger partial charge in [-0.1, -0.05) is 37.6 Å². The van der Waals surface area contributed by atoms with Gasteiger partial charge in [-0.25, -0.2) is 4.39 Å². The Balaban J connectivity index is 2.53. The largest absolute Gasteiger partial charge is 0.310 e. The van der Waals surface area contributed by atoms with Crippen molar-refractivity contribution in [2.75, 3.05) is 0 Å². The number of hydrogen-bond donors (Lipinski definition) is 1. The number of aryl methyl sites for hydroxylation is 3. The highest BCUT2D eigenvalue weighted by Gasteiger charge is 2.12. The Bertz CT molecular complexity index is 621. The molecule has 112 valence electrons. The Kier molecular flexibility index (Phi) is 4.79. The van der Waals surface area contributed by atoms with Crippen molar-refractivity contribution in [1.29, 1.82) is 0 Å². The molecule has 0 saturated heterocycles. The number of hydrogen-bond acceptors (Lipinski definition) is 1. The molecule has 2 aromatic rings. The van der Waals surface area contributed by atoms with Crippen molar-refractivity contribution in [1.82, 2.24) is 5.32 Å². The van der Waals surface area contributed by atoms with Gasteiger partial charge in [0, 0.05) is 12.6 Å². The molecule has 2 rings (SSSR count). The highest BCUT2D eigenvalue weighted by molar-refractivity contribution is 5.74. The molecule has 0 aliphatic heterocycles. The van der Waals surface area contributed by atoms with Crippen LogP contribution in [-0.2, 0) is 6.54 Å². The van der Waals surface area contributed by atoms with Crippen LogP contribution in [0.15, 0.2) is 30.3 Å². The van der Waals surface area contributed by atoms with Crippen LogP contribution in [0.2, 0.25) is 0 Å². The van der Waals surface area contributed by atoms with Gasteiger partial charge in [-0.3, -0.25) is 0 Å². The first-order chi connectivity index (χ1) is 9.88. The van der Waals surface area contributed by atoms with Crippen LogP contribution >= 0.6 is 0 Å². The summed E-state index contributed by atoms with van der Waals surface area (Å²) in [7, 11) is 0. The minimum atomic E-state index is -0.179. The summed E-state index contributed by atoms with van der Waals surface area (Å²) in [6.45, 7) is 11.2. The molecule has 21 heavy (non-hydrogen) atoms. The lowest BCUT2D eigenvalue weighted by atomic mass is 9.90. The monoisotopic (exact) mass is 285 g/mol. The van der Waals surface area contributed by atoms with Crippen molar-refractivity contribution >= 4 is 0 Å². The van der Waals surface area contributed by atoms with Crippen molar-refractivity contribution in [3.05, 3.63) is 58.4 Å². The van der Waals surface area contributed by atoms with Crippen LogP contribution in [0, 0.1) is 26.6 Å². The lowest BCUT2D eigenvalue weighted by Crippen LogP contribution is -2.22. The molecular weight excluding hydrogens is 261 g/mol. The Labute approximate surface area is 127 Å². The van der Waals surface area contributed by atoms with E-state index in [0.29, 0.717) is 12.6 Å². The maximum atomic E-state index is 13.6. The van der Waals surface area contributed by atoms with Crippen molar-refractivity contribution in [3.8, 4) is 11.1 Å². The molecule has 0 aliphatic rings. The fourth-order valence-electron chi connectivity index (χ4n) is 2.87. The van der Waals surface area contributed by atoms with Crippen LogP contribution in [0.25, 0.3) is 11.1 Å². The van der Waals surface area contributed by atoms with Crippen molar-refractivity contribution in [2.45, 2.75) is 47.2 Å². The fourth-order valence-corrected chi connectivity index (χ4v) is 2.87. The molecule has 0 atom stereocenters. The molecule has 1 nitrogen and oxygen atoms in total. The number of rotatable bonds is 4. The Hall–Kier alpha value is -1.67. The highest BCUT2D eigenvalue weighted by Crippen LogP contribution is 2.31. The molecule has 0 saturated carbocycles. The van der Waals surface area contributed by atoms with E-state index in [9.17, 15) is 4.39 Å². The first-order valence-electron chi connectivity index (χ1n) is 7.48.